The number of benzene rings is 1. The summed E-state index contributed by atoms with van der Waals surface area (Å²) in [6.07, 6.45) is 4.87. The van der Waals surface area contributed by atoms with Gasteiger partial charge >= 0.3 is 0 Å². The van der Waals surface area contributed by atoms with Gasteiger partial charge in [-0.05, 0) is 12.1 Å². The Morgan fingerprint density at radius 2 is 2.00 bits per heavy atom. The van der Waals surface area contributed by atoms with Crippen LogP contribution in [-0.2, 0) is 4.79 Å². The summed E-state index contributed by atoms with van der Waals surface area (Å²) in [6.45, 7) is 0. The fraction of sp³-hybridized carbons (Fsp3) is 0. The van der Waals surface area contributed by atoms with Crippen LogP contribution < -0.4 is 4.90 Å². The summed E-state index contributed by atoms with van der Waals surface area (Å²) < 4.78 is 5.28. The Morgan fingerprint density at radius 3 is 2.70 bits per heavy atom. The first-order valence-electron chi connectivity index (χ1n) is 6.96. The molecule has 0 fully saturated rings. The largest absolute Gasteiger partial charge is 0.465 e. The summed E-state index contributed by atoms with van der Waals surface area (Å²) in [4.78, 5) is 23.1. The summed E-state index contributed by atoms with van der Waals surface area (Å²) in [6, 6.07) is 13.1. The van der Waals surface area contributed by atoms with Gasteiger partial charge in [0, 0.05) is 23.2 Å². The Bertz CT molecular complexity index is 881. The Kier molecular flexibility index (Phi) is 3.36. The molecule has 3 heterocycles. The van der Waals surface area contributed by atoms with Crippen molar-refractivity contribution in [3.63, 3.8) is 0 Å². The summed E-state index contributed by atoms with van der Waals surface area (Å²) in [5, 5.41) is 2.43. The Labute approximate surface area is 136 Å². The molecule has 0 saturated heterocycles. The van der Waals surface area contributed by atoms with Crippen molar-refractivity contribution in [1.29, 1.82) is 0 Å². The number of anilines is 1. The highest BCUT2D eigenvalue weighted by Crippen LogP contribution is 2.29. The van der Waals surface area contributed by atoms with E-state index in [-0.39, 0.29) is 5.91 Å². The molecule has 0 spiro atoms. The maximum absolute atomic E-state index is 12.8. The Balaban J connectivity index is 1.83. The lowest BCUT2D eigenvalue weighted by atomic mass is 10.2. The lowest BCUT2D eigenvalue weighted by molar-refractivity contribution is -0.113. The van der Waals surface area contributed by atoms with Crippen LogP contribution in [0.15, 0.2) is 75.4 Å². The minimum atomic E-state index is -0.213. The molecular formula is C17H11N3O2S. The molecule has 0 radical (unpaired) electrons. The Hall–Kier alpha value is -2.99. The summed E-state index contributed by atoms with van der Waals surface area (Å²) in [5.74, 6) is 0.948. The third-order valence-corrected chi connectivity index (χ3v) is 4.08. The van der Waals surface area contributed by atoms with Gasteiger partial charge in [-0.25, -0.2) is 14.9 Å². The van der Waals surface area contributed by atoms with Crippen LogP contribution in [0.5, 0.6) is 0 Å². The number of carbonyl (C=O) groups excluding carboxylic acids is 1. The van der Waals surface area contributed by atoms with E-state index < -0.39 is 0 Å². The first kappa shape index (κ1) is 13.7. The van der Waals surface area contributed by atoms with Gasteiger partial charge in [0.1, 0.15) is 17.3 Å². The molecule has 112 valence electrons. The van der Waals surface area contributed by atoms with Crippen LogP contribution in [0.4, 0.5) is 5.13 Å². The van der Waals surface area contributed by atoms with Crippen LogP contribution in [0.2, 0.25) is 0 Å². The van der Waals surface area contributed by atoms with Crippen LogP contribution in [-0.4, -0.2) is 16.7 Å². The van der Waals surface area contributed by atoms with Crippen molar-refractivity contribution in [2.24, 2.45) is 4.99 Å². The van der Waals surface area contributed by atoms with Crippen molar-refractivity contribution in [3.8, 4) is 0 Å². The second-order valence-electron chi connectivity index (χ2n) is 4.80. The minimum absolute atomic E-state index is 0.213. The molecule has 0 unspecified atom stereocenters. The van der Waals surface area contributed by atoms with Crippen LogP contribution in [0.3, 0.4) is 0 Å². The molecule has 0 bridgehead atoms. The van der Waals surface area contributed by atoms with Gasteiger partial charge in [-0.15, -0.1) is 11.3 Å². The first-order valence-corrected chi connectivity index (χ1v) is 7.84. The van der Waals surface area contributed by atoms with Gasteiger partial charge in [-0.3, -0.25) is 4.79 Å². The third kappa shape index (κ3) is 2.49. The van der Waals surface area contributed by atoms with Crippen LogP contribution in [0.1, 0.15) is 11.3 Å². The molecule has 0 aliphatic carbocycles. The fourth-order valence-electron chi connectivity index (χ4n) is 2.31. The zero-order valence-electron chi connectivity index (χ0n) is 11.9. The van der Waals surface area contributed by atoms with E-state index in [1.54, 1.807) is 30.7 Å². The number of amidine groups is 1. The first-order chi connectivity index (χ1) is 11.3. The highest BCUT2D eigenvalue weighted by molar-refractivity contribution is 7.14. The van der Waals surface area contributed by atoms with E-state index in [2.05, 4.69) is 9.98 Å². The number of amides is 1. The second-order valence-corrected chi connectivity index (χ2v) is 5.67. The second kappa shape index (κ2) is 5.66. The topological polar surface area (TPSA) is 58.7 Å². The summed E-state index contributed by atoms with van der Waals surface area (Å²) in [7, 11) is 0. The van der Waals surface area contributed by atoms with Crippen molar-refractivity contribution >= 4 is 34.3 Å². The molecule has 1 amide bonds. The highest BCUT2D eigenvalue weighted by Gasteiger charge is 2.34. The third-order valence-electron chi connectivity index (χ3n) is 3.33. The van der Waals surface area contributed by atoms with Gasteiger partial charge in [0.15, 0.2) is 5.13 Å². The average molecular weight is 321 g/mol. The van der Waals surface area contributed by atoms with E-state index in [1.165, 1.54) is 16.2 Å². The normalized spacial score (nSPS) is 16.2. The average Bonchev–Trinajstić information content (AvgIpc) is 3.31. The number of aromatic nitrogens is 1. The molecular weight excluding hydrogens is 310 g/mol. The standard InChI is InChI=1S/C17H11N3O2S/c21-16-14(11-13-7-4-9-22-13)19-15(12-5-2-1-3-6-12)20(16)17-18-8-10-23-17/h1-11H. The SMILES string of the molecule is O=C1C(=Cc2ccco2)N=C(c2ccccc2)N1c1nccs1. The van der Waals surface area contributed by atoms with Crippen molar-refractivity contribution in [2.45, 2.75) is 0 Å². The number of hydrogen-bond acceptors (Lipinski definition) is 5. The lowest BCUT2D eigenvalue weighted by Crippen LogP contribution is -2.32. The zero-order chi connectivity index (χ0) is 15.6. The predicted octanol–water partition coefficient (Wildman–Crippen LogP) is 3.57. The van der Waals surface area contributed by atoms with Crippen LogP contribution in [0.25, 0.3) is 6.08 Å². The van der Waals surface area contributed by atoms with Crippen molar-refractivity contribution in [3.05, 3.63) is 77.3 Å². The van der Waals surface area contributed by atoms with Gasteiger partial charge in [0.05, 0.1) is 6.26 Å². The Morgan fingerprint density at radius 1 is 1.13 bits per heavy atom. The van der Waals surface area contributed by atoms with E-state index in [4.69, 9.17) is 4.42 Å². The van der Waals surface area contributed by atoms with E-state index in [9.17, 15) is 4.79 Å². The van der Waals surface area contributed by atoms with Gasteiger partial charge in [-0.1, -0.05) is 30.3 Å². The van der Waals surface area contributed by atoms with Gasteiger partial charge in [0.25, 0.3) is 5.91 Å². The number of rotatable bonds is 3. The lowest BCUT2D eigenvalue weighted by Gasteiger charge is -2.14. The zero-order valence-corrected chi connectivity index (χ0v) is 12.7. The van der Waals surface area contributed by atoms with E-state index >= 15 is 0 Å². The number of aliphatic imine (C=N–C) groups is 1. The van der Waals surface area contributed by atoms with Gasteiger partial charge in [-0.2, -0.15) is 0 Å². The van der Waals surface area contributed by atoms with E-state index in [0.29, 0.717) is 22.4 Å². The molecule has 6 heteroatoms. The molecule has 2 aromatic heterocycles. The molecule has 0 saturated carbocycles. The van der Waals surface area contributed by atoms with Crippen LogP contribution in [0, 0.1) is 0 Å². The van der Waals surface area contributed by atoms with Gasteiger partial charge < -0.3 is 4.42 Å². The number of nitrogens with zero attached hydrogens (tertiary/aromatic N) is 3. The fourth-order valence-corrected chi connectivity index (χ4v) is 2.95. The number of hydrogen-bond donors (Lipinski definition) is 0. The van der Waals surface area contributed by atoms with E-state index in [1.807, 2.05) is 35.7 Å². The molecule has 0 atom stereocenters. The highest BCUT2D eigenvalue weighted by atomic mass is 32.1. The number of thiazole rings is 1. The summed E-state index contributed by atoms with van der Waals surface area (Å²) in [5.41, 5.74) is 1.19. The summed E-state index contributed by atoms with van der Waals surface area (Å²) >= 11 is 1.39. The van der Waals surface area contributed by atoms with Crippen molar-refractivity contribution in [1.82, 2.24) is 4.98 Å². The van der Waals surface area contributed by atoms with Crippen LogP contribution >= 0.6 is 11.3 Å². The predicted molar refractivity (Wildman–Crippen MR) is 89.3 cm³/mol. The molecule has 4 rings (SSSR count). The van der Waals surface area contributed by atoms with Crippen molar-refractivity contribution in [2.75, 3.05) is 4.90 Å². The molecule has 0 N–H and O–H groups in total. The molecule has 23 heavy (non-hydrogen) atoms. The smallest absolute Gasteiger partial charge is 0.284 e. The molecule has 5 nitrogen and oxygen atoms in total. The van der Waals surface area contributed by atoms with Crippen molar-refractivity contribution < 1.29 is 9.21 Å². The molecule has 1 aliphatic heterocycles. The maximum Gasteiger partial charge on any atom is 0.284 e. The minimum Gasteiger partial charge on any atom is -0.465 e. The molecule has 3 aromatic rings. The monoisotopic (exact) mass is 321 g/mol. The number of carbonyl (C=O) groups is 1. The molecule has 1 aliphatic rings. The maximum atomic E-state index is 12.8. The quantitative estimate of drug-likeness (QED) is 0.693. The number of furan rings is 1. The van der Waals surface area contributed by atoms with E-state index in [0.717, 1.165) is 5.56 Å². The molecule has 1 aromatic carbocycles. The van der Waals surface area contributed by atoms with Gasteiger partial charge in [0.2, 0.25) is 0 Å².